The minimum Gasteiger partial charge on any atom is -0.496 e. The van der Waals surface area contributed by atoms with Gasteiger partial charge in [0.05, 0.1) is 19.4 Å². The SMILES string of the molecule is COc1ccccc1CN1CCOC(c2cc3cc(F)ccc3cn2)C1. The van der Waals surface area contributed by atoms with E-state index in [0.717, 1.165) is 47.4 Å². The number of halogens is 1. The van der Waals surface area contributed by atoms with Crippen molar-refractivity contribution in [1.29, 1.82) is 0 Å². The zero-order valence-corrected chi connectivity index (χ0v) is 14.7. The lowest BCUT2D eigenvalue weighted by atomic mass is 10.1. The summed E-state index contributed by atoms with van der Waals surface area (Å²) < 4.78 is 24.9. The molecule has 0 aliphatic carbocycles. The first-order valence-corrected chi connectivity index (χ1v) is 8.74. The van der Waals surface area contributed by atoms with Crippen LogP contribution in [-0.2, 0) is 11.3 Å². The molecular weight excluding hydrogens is 331 g/mol. The molecule has 5 heteroatoms. The number of fused-ring (bicyclic) bond motifs is 1. The van der Waals surface area contributed by atoms with Gasteiger partial charge in [0.1, 0.15) is 17.7 Å². The van der Waals surface area contributed by atoms with E-state index in [1.54, 1.807) is 19.4 Å². The third kappa shape index (κ3) is 3.54. The first kappa shape index (κ1) is 16.9. The van der Waals surface area contributed by atoms with Crippen molar-refractivity contribution in [2.24, 2.45) is 0 Å². The predicted octanol–water partition coefficient (Wildman–Crippen LogP) is 3.96. The molecule has 1 aromatic heterocycles. The van der Waals surface area contributed by atoms with Crippen LogP contribution >= 0.6 is 0 Å². The number of hydrogen-bond donors (Lipinski definition) is 0. The van der Waals surface area contributed by atoms with E-state index < -0.39 is 0 Å². The summed E-state index contributed by atoms with van der Waals surface area (Å²) in [6.07, 6.45) is 1.67. The monoisotopic (exact) mass is 352 g/mol. The molecular formula is C21H21FN2O2. The molecule has 0 bridgehead atoms. The topological polar surface area (TPSA) is 34.6 Å². The number of morpholine rings is 1. The van der Waals surface area contributed by atoms with Gasteiger partial charge in [-0.2, -0.15) is 0 Å². The number of benzene rings is 2. The maximum atomic E-state index is 13.5. The molecule has 0 spiro atoms. The summed E-state index contributed by atoms with van der Waals surface area (Å²) in [6.45, 7) is 3.04. The van der Waals surface area contributed by atoms with Gasteiger partial charge in [-0.1, -0.05) is 18.2 Å². The fourth-order valence-electron chi connectivity index (χ4n) is 3.40. The summed E-state index contributed by atoms with van der Waals surface area (Å²) >= 11 is 0. The molecule has 0 N–H and O–H groups in total. The van der Waals surface area contributed by atoms with Crippen molar-refractivity contribution >= 4 is 10.8 Å². The van der Waals surface area contributed by atoms with Gasteiger partial charge in [-0.3, -0.25) is 9.88 Å². The highest BCUT2D eigenvalue weighted by atomic mass is 19.1. The lowest BCUT2D eigenvalue weighted by Gasteiger charge is -2.33. The number of nitrogens with zero attached hydrogens (tertiary/aromatic N) is 2. The number of methoxy groups -OCH3 is 1. The van der Waals surface area contributed by atoms with Crippen molar-refractivity contribution in [2.75, 3.05) is 26.8 Å². The number of ether oxygens (including phenoxy) is 2. The molecule has 1 unspecified atom stereocenters. The van der Waals surface area contributed by atoms with Crippen LogP contribution in [0.4, 0.5) is 4.39 Å². The van der Waals surface area contributed by atoms with E-state index in [1.165, 1.54) is 12.1 Å². The molecule has 0 saturated carbocycles. The number of aromatic nitrogens is 1. The fourth-order valence-corrected chi connectivity index (χ4v) is 3.40. The van der Waals surface area contributed by atoms with Gasteiger partial charge in [0.2, 0.25) is 0 Å². The molecule has 1 aliphatic heterocycles. The van der Waals surface area contributed by atoms with Crippen LogP contribution in [0.15, 0.2) is 54.7 Å². The highest BCUT2D eigenvalue weighted by Crippen LogP contribution is 2.26. The summed E-state index contributed by atoms with van der Waals surface area (Å²) in [6, 6.07) is 14.7. The summed E-state index contributed by atoms with van der Waals surface area (Å²) in [5, 5.41) is 1.78. The Bertz CT molecular complexity index is 915. The van der Waals surface area contributed by atoms with Crippen LogP contribution in [0.5, 0.6) is 5.75 Å². The quantitative estimate of drug-likeness (QED) is 0.712. The molecule has 4 rings (SSSR count). The average Bonchev–Trinajstić information content (AvgIpc) is 2.68. The third-order valence-corrected chi connectivity index (χ3v) is 4.77. The predicted molar refractivity (Wildman–Crippen MR) is 98.7 cm³/mol. The highest BCUT2D eigenvalue weighted by Gasteiger charge is 2.24. The molecule has 1 atom stereocenters. The van der Waals surface area contributed by atoms with E-state index in [0.29, 0.717) is 6.61 Å². The standard InChI is InChI=1S/C21H21FN2O2/c1-25-20-5-3-2-4-16(20)13-24-8-9-26-21(14-24)19-11-17-10-18(22)7-6-15(17)12-23-19/h2-7,10-12,21H,8-9,13-14H2,1H3. The molecule has 0 amide bonds. The van der Waals surface area contributed by atoms with Crippen LogP contribution in [0, 0.1) is 5.82 Å². The zero-order chi connectivity index (χ0) is 17.9. The van der Waals surface area contributed by atoms with Gasteiger partial charge >= 0.3 is 0 Å². The summed E-state index contributed by atoms with van der Waals surface area (Å²) in [5.74, 6) is 0.659. The Balaban J connectivity index is 1.53. The molecule has 0 radical (unpaired) electrons. The van der Waals surface area contributed by atoms with Gasteiger partial charge in [0.15, 0.2) is 0 Å². The maximum Gasteiger partial charge on any atom is 0.123 e. The van der Waals surface area contributed by atoms with Gasteiger partial charge in [-0.25, -0.2) is 4.39 Å². The average molecular weight is 352 g/mol. The lowest BCUT2D eigenvalue weighted by Crippen LogP contribution is -2.38. The second-order valence-corrected chi connectivity index (χ2v) is 6.51. The van der Waals surface area contributed by atoms with E-state index >= 15 is 0 Å². The lowest BCUT2D eigenvalue weighted by molar-refractivity contribution is -0.0350. The first-order valence-electron chi connectivity index (χ1n) is 8.74. The van der Waals surface area contributed by atoms with E-state index in [4.69, 9.17) is 9.47 Å². The van der Waals surface area contributed by atoms with Gasteiger partial charge < -0.3 is 9.47 Å². The number of para-hydroxylation sites is 1. The van der Waals surface area contributed by atoms with E-state index in [1.807, 2.05) is 24.3 Å². The van der Waals surface area contributed by atoms with Gasteiger partial charge in [0, 0.05) is 36.8 Å². The Kier molecular flexibility index (Phi) is 4.82. The smallest absolute Gasteiger partial charge is 0.123 e. The molecule has 2 aromatic carbocycles. The Morgan fingerprint density at radius 1 is 1.19 bits per heavy atom. The fraction of sp³-hybridized carbons (Fsp3) is 0.286. The molecule has 3 aromatic rings. The highest BCUT2D eigenvalue weighted by molar-refractivity contribution is 5.82. The normalized spacial score (nSPS) is 18.2. The molecule has 1 aliphatic rings. The van der Waals surface area contributed by atoms with Crippen molar-refractivity contribution < 1.29 is 13.9 Å². The van der Waals surface area contributed by atoms with Crippen LogP contribution in [0.3, 0.4) is 0 Å². The van der Waals surface area contributed by atoms with Crippen LogP contribution < -0.4 is 4.74 Å². The summed E-state index contributed by atoms with van der Waals surface area (Å²) in [7, 11) is 1.69. The molecule has 26 heavy (non-hydrogen) atoms. The molecule has 4 nitrogen and oxygen atoms in total. The Morgan fingerprint density at radius 2 is 2.08 bits per heavy atom. The number of hydrogen-bond acceptors (Lipinski definition) is 4. The molecule has 134 valence electrons. The van der Waals surface area contributed by atoms with Crippen LogP contribution in [-0.4, -0.2) is 36.7 Å². The van der Waals surface area contributed by atoms with Crippen LogP contribution in [0.2, 0.25) is 0 Å². The Labute approximate surface area is 152 Å². The van der Waals surface area contributed by atoms with Crippen LogP contribution in [0.1, 0.15) is 17.4 Å². The van der Waals surface area contributed by atoms with E-state index in [-0.39, 0.29) is 11.9 Å². The summed E-state index contributed by atoms with van der Waals surface area (Å²) in [4.78, 5) is 6.87. The minimum absolute atomic E-state index is 0.119. The van der Waals surface area contributed by atoms with Crippen molar-refractivity contribution in [3.05, 3.63) is 71.8 Å². The van der Waals surface area contributed by atoms with Crippen LogP contribution in [0.25, 0.3) is 10.8 Å². The molecule has 1 saturated heterocycles. The van der Waals surface area contributed by atoms with Gasteiger partial charge in [-0.05, 0) is 35.7 Å². The van der Waals surface area contributed by atoms with Crippen molar-refractivity contribution in [1.82, 2.24) is 9.88 Å². The minimum atomic E-state index is -0.239. The molecule has 1 fully saturated rings. The Morgan fingerprint density at radius 3 is 2.96 bits per heavy atom. The van der Waals surface area contributed by atoms with Crippen molar-refractivity contribution in [2.45, 2.75) is 12.6 Å². The third-order valence-electron chi connectivity index (χ3n) is 4.77. The van der Waals surface area contributed by atoms with Crippen molar-refractivity contribution in [3.8, 4) is 5.75 Å². The largest absolute Gasteiger partial charge is 0.496 e. The number of rotatable bonds is 4. The summed E-state index contributed by atoms with van der Waals surface area (Å²) in [5.41, 5.74) is 2.00. The second kappa shape index (κ2) is 7.40. The van der Waals surface area contributed by atoms with Crippen molar-refractivity contribution in [3.63, 3.8) is 0 Å². The van der Waals surface area contributed by atoms with Gasteiger partial charge in [0.25, 0.3) is 0 Å². The molecule has 2 heterocycles. The first-order chi connectivity index (χ1) is 12.7. The maximum absolute atomic E-state index is 13.5. The zero-order valence-electron chi connectivity index (χ0n) is 14.7. The van der Waals surface area contributed by atoms with E-state index in [9.17, 15) is 4.39 Å². The van der Waals surface area contributed by atoms with Gasteiger partial charge in [-0.15, -0.1) is 0 Å². The Hall–Kier alpha value is -2.50. The van der Waals surface area contributed by atoms with E-state index in [2.05, 4.69) is 16.0 Å². The number of pyridine rings is 1. The second-order valence-electron chi connectivity index (χ2n) is 6.51.